The second kappa shape index (κ2) is 4.15. The zero-order chi connectivity index (χ0) is 10.8. The van der Waals surface area contributed by atoms with Crippen molar-refractivity contribution in [2.75, 3.05) is 0 Å². The van der Waals surface area contributed by atoms with E-state index in [1.807, 2.05) is 0 Å². The molecular weight excluding hydrogens is 202 g/mol. The zero-order valence-electron chi connectivity index (χ0n) is 9.37. The molecule has 2 heteroatoms. The maximum absolute atomic E-state index is 4.59. The molecule has 0 aliphatic carbocycles. The van der Waals surface area contributed by atoms with Gasteiger partial charge in [0.25, 0.3) is 0 Å². The van der Waals surface area contributed by atoms with Crippen LogP contribution < -0.4 is 0 Å². The minimum absolute atomic E-state index is 1.02. The predicted molar refractivity (Wildman–Crippen MR) is 66.4 cm³/mol. The van der Waals surface area contributed by atoms with Gasteiger partial charge in [-0.15, -0.1) is 11.3 Å². The molecule has 0 fully saturated rings. The highest BCUT2D eigenvalue weighted by molar-refractivity contribution is 7.09. The van der Waals surface area contributed by atoms with Gasteiger partial charge in [0.2, 0.25) is 0 Å². The molecule has 0 N–H and O–H groups in total. The van der Waals surface area contributed by atoms with Crippen molar-refractivity contribution in [3.05, 3.63) is 39.7 Å². The second-order valence-electron chi connectivity index (χ2n) is 3.78. The van der Waals surface area contributed by atoms with Crippen molar-refractivity contribution in [3.63, 3.8) is 0 Å². The van der Waals surface area contributed by atoms with Crippen molar-refractivity contribution in [3.8, 4) is 11.3 Å². The third-order valence-corrected chi connectivity index (χ3v) is 3.65. The summed E-state index contributed by atoms with van der Waals surface area (Å²) in [7, 11) is 0. The van der Waals surface area contributed by atoms with Crippen LogP contribution in [0.15, 0.2) is 23.6 Å². The summed E-state index contributed by atoms with van der Waals surface area (Å²) in [5.41, 5.74) is 5.01. The lowest BCUT2D eigenvalue weighted by molar-refractivity contribution is 1.10. The molecule has 1 heterocycles. The van der Waals surface area contributed by atoms with E-state index >= 15 is 0 Å². The molecule has 0 amide bonds. The molecule has 1 aromatic carbocycles. The van der Waals surface area contributed by atoms with Crippen LogP contribution in [0.25, 0.3) is 11.3 Å². The van der Waals surface area contributed by atoms with Crippen molar-refractivity contribution in [2.45, 2.75) is 27.2 Å². The lowest BCUT2D eigenvalue weighted by Gasteiger charge is -2.02. The highest BCUT2D eigenvalue weighted by Gasteiger charge is 2.04. The number of nitrogens with zero attached hydrogens (tertiary/aromatic N) is 1. The Hall–Kier alpha value is -1.15. The Morgan fingerprint density at radius 1 is 1.20 bits per heavy atom. The van der Waals surface area contributed by atoms with E-state index in [0.29, 0.717) is 0 Å². The van der Waals surface area contributed by atoms with Crippen molar-refractivity contribution in [1.82, 2.24) is 4.98 Å². The molecule has 15 heavy (non-hydrogen) atoms. The van der Waals surface area contributed by atoms with Gasteiger partial charge in [0.05, 0.1) is 10.7 Å². The predicted octanol–water partition coefficient (Wildman–Crippen LogP) is 3.99. The topological polar surface area (TPSA) is 12.9 Å². The fraction of sp³-hybridized carbons (Fsp3) is 0.308. The van der Waals surface area contributed by atoms with Gasteiger partial charge in [-0.2, -0.15) is 0 Å². The monoisotopic (exact) mass is 217 g/mol. The van der Waals surface area contributed by atoms with E-state index in [1.165, 1.54) is 21.7 Å². The molecule has 0 atom stereocenters. The molecule has 0 radical (unpaired) electrons. The lowest BCUT2D eigenvalue weighted by atomic mass is 10.1. The smallest absolute Gasteiger partial charge is 0.0929 e. The number of hydrogen-bond donors (Lipinski definition) is 0. The Morgan fingerprint density at radius 2 is 2.00 bits per heavy atom. The van der Waals surface area contributed by atoms with Crippen LogP contribution in [-0.2, 0) is 6.42 Å². The van der Waals surface area contributed by atoms with Crippen LogP contribution in [0.1, 0.15) is 23.1 Å². The normalized spacial score (nSPS) is 10.6. The summed E-state index contributed by atoms with van der Waals surface area (Å²) in [4.78, 5) is 4.59. The molecular formula is C13H15NS. The maximum atomic E-state index is 4.59. The van der Waals surface area contributed by atoms with Crippen LogP contribution in [0.4, 0.5) is 0 Å². The first-order valence-corrected chi connectivity index (χ1v) is 6.10. The van der Waals surface area contributed by atoms with E-state index in [2.05, 4.69) is 49.3 Å². The van der Waals surface area contributed by atoms with Gasteiger partial charge >= 0.3 is 0 Å². The summed E-state index contributed by atoms with van der Waals surface area (Å²) in [6, 6.07) is 6.52. The van der Waals surface area contributed by atoms with Crippen molar-refractivity contribution >= 4 is 11.3 Å². The molecule has 0 spiro atoms. The van der Waals surface area contributed by atoms with Crippen LogP contribution in [0.5, 0.6) is 0 Å². The lowest BCUT2D eigenvalue weighted by Crippen LogP contribution is -1.84. The summed E-state index contributed by atoms with van der Waals surface area (Å²) in [5.74, 6) is 0. The molecule has 0 saturated heterocycles. The van der Waals surface area contributed by atoms with Gasteiger partial charge in [-0.3, -0.25) is 0 Å². The highest BCUT2D eigenvalue weighted by atomic mass is 32.1. The largest absolute Gasteiger partial charge is 0.241 e. The Kier molecular flexibility index (Phi) is 2.87. The fourth-order valence-corrected chi connectivity index (χ4v) is 2.26. The molecule has 0 saturated carbocycles. The zero-order valence-corrected chi connectivity index (χ0v) is 10.2. The minimum Gasteiger partial charge on any atom is -0.241 e. The van der Waals surface area contributed by atoms with Crippen LogP contribution in [0.2, 0.25) is 0 Å². The Bertz CT molecular complexity index is 471. The van der Waals surface area contributed by atoms with E-state index in [1.54, 1.807) is 11.3 Å². The molecule has 0 unspecified atom stereocenters. The second-order valence-corrected chi connectivity index (χ2v) is 4.72. The molecule has 1 nitrogen and oxygen atoms in total. The van der Waals surface area contributed by atoms with Crippen LogP contribution in [0.3, 0.4) is 0 Å². The number of benzene rings is 1. The molecule has 2 aromatic rings. The van der Waals surface area contributed by atoms with E-state index in [4.69, 9.17) is 0 Å². The Morgan fingerprint density at radius 3 is 2.60 bits per heavy atom. The van der Waals surface area contributed by atoms with Crippen molar-refractivity contribution in [2.24, 2.45) is 0 Å². The first-order chi connectivity index (χ1) is 7.20. The van der Waals surface area contributed by atoms with Gasteiger partial charge in [0.15, 0.2) is 0 Å². The summed E-state index contributed by atoms with van der Waals surface area (Å²) in [6.45, 7) is 6.42. The van der Waals surface area contributed by atoms with Gasteiger partial charge < -0.3 is 0 Å². The van der Waals surface area contributed by atoms with Gasteiger partial charge in [0, 0.05) is 10.9 Å². The number of hydrogen-bond acceptors (Lipinski definition) is 2. The van der Waals surface area contributed by atoms with E-state index in [0.717, 1.165) is 12.1 Å². The van der Waals surface area contributed by atoms with E-state index < -0.39 is 0 Å². The fourth-order valence-electron chi connectivity index (χ4n) is 1.51. The van der Waals surface area contributed by atoms with Crippen LogP contribution in [-0.4, -0.2) is 4.98 Å². The summed E-state index contributed by atoms with van der Waals surface area (Å²) >= 11 is 1.74. The minimum atomic E-state index is 1.02. The summed E-state index contributed by atoms with van der Waals surface area (Å²) in [5, 5.41) is 3.35. The van der Waals surface area contributed by atoms with Gasteiger partial charge in [-0.25, -0.2) is 4.98 Å². The highest BCUT2D eigenvalue weighted by Crippen LogP contribution is 2.24. The first-order valence-electron chi connectivity index (χ1n) is 5.22. The summed E-state index contributed by atoms with van der Waals surface area (Å²) < 4.78 is 0. The quantitative estimate of drug-likeness (QED) is 0.741. The van der Waals surface area contributed by atoms with Gasteiger partial charge in [-0.05, 0) is 37.5 Å². The number of aryl methyl sites for hydroxylation is 3. The molecule has 0 aliphatic heterocycles. The van der Waals surface area contributed by atoms with E-state index in [-0.39, 0.29) is 0 Å². The molecule has 0 aliphatic rings. The number of rotatable bonds is 2. The average molecular weight is 217 g/mol. The number of thiazole rings is 1. The maximum Gasteiger partial charge on any atom is 0.0929 e. The third-order valence-electron chi connectivity index (χ3n) is 2.66. The molecule has 78 valence electrons. The number of aromatic nitrogens is 1. The third kappa shape index (κ3) is 2.10. The Labute approximate surface area is 94.8 Å². The standard InChI is InChI=1S/C13H15NS/c1-4-13-14-12(8-15-13)11-6-5-9(2)10(3)7-11/h5-8H,4H2,1-3H3. The average Bonchev–Trinajstić information content (AvgIpc) is 2.70. The molecule has 0 bridgehead atoms. The van der Waals surface area contributed by atoms with Crippen LogP contribution >= 0.6 is 11.3 Å². The van der Waals surface area contributed by atoms with Crippen LogP contribution in [0, 0.1) is 13.8 Å². The SMILES string of the molecule is CCc1nc(-c2ccc(C)c(C)c2)cs1. The van der Waals surface area contributed by atoms with Crippen molar-refractivity contribution in [1.29, 1.82) is 0 Å². The van der Waals surface area contributed by atoms with Gasteiger partial charge in [-0.1, -0.05) is 19.1 Å². The molecule has 2 rings (SSSR count). The van der Waals surface area contributed by atoms with Gasteiger partial charge in [0.1, 0.15) is 0 Å². The summed E-state index contributed by atoms with van der Waals surface area (Å²) in [6.07, 6.45) is 1.02. The first kappa shape index (κ1) is 10.4. The van der Waals surface area contributed by atoms with E-state index in [9.17, 15) is 0 Å². The van der Waals surface area contributed by atoms with Crippen molar-refractivity contribution < 1.29 is 0 Å². The Balaban J connectivity index is 2.40. The molecule has 1 aromatic heterocycles.